The molecular formula is C8H12O. The highest BCUT2D eigenvalue weighted by Crippen LogP contribution is 1.93. The number of rotatable bonds is 3. The van der Waals surface area contributed by atoms with Crippen LogP contribution in [0.5, 0.6) is 0 Å². The van der Waals surface area contributed by atoms with E-state index in [0.717, 1.165) is 5.57 Å². The molecule has 0 unspecified atom stereocenters. The Balaban J connectivity index is 3.63. The Kier molecular flexibility index (Phi) is 4.60. The lowest BCUT2D eigenvalue weighted by molar-refractivity contribution is 0.338. The molecule has 0 amide bonds. The fourth-order valence-corrected chi connectivity index (χ4v) is 0.425. The molecule has 0 heterocycles. The lowest BCUT2D eigenvalue weighted by atomic mass is 10.3. The second-order valence-corrected chi connectivity index (χ2v) is 1.61. The van der Waals surface area contributed by atoms with Crippen molar-refractivity contribution in [3.63, 3.8) is 0 Å². The topological polar surface area (TPSA) is 9.23 Å². The van der Waals surface area contributed by atoms with E-state index in [1.165, 1.54) is 0 Å². The molecule has 0 aliphatic carbocycles. The number of ether oxygens (including phenoxy) is 1. The molecule has 0 spiro atoms. The van der Waals surface area contributed by atoms with Crippen molar-refractivity contribution in [3.8, 4) is 0 Å². The van der Waals surface area contributed by atoms with Crippen molar-refractivity contribution in [2.45, 2.75) is 6.92 Å². The number of hydrogen-bond donors (Lipinski definition) is 0. The lowest BCUT2D eigenvalue weighted by Gasteiger charge is -1.86. The molecule has 0 aromatic carbocycles. The summed E-state index contributed by atoms with van der Waals surface area (Å²) in [5, 5.41) is 0. The van der Waals surface area contributed by atoms with Gasteiger partial charge < -0.3 is 4.74 Å². The molecule has 0 atom stereocenters. The van der Waals surface area contributed by atoms with Gasteiger partial charge in [0.15, 0.2) is 0 Å². The molecule has 0 aromatic rings. The summed E-state index contributed by atoms with van der Waals surface area (Å²) >= 11 is 0. The van der Waals surface area contributed by atoms with Crippen molar-refractivity contribution in [2.75, 3.05) is 7.11 Å². The first kappa shape index (κ1) is 8.02. The molecule has 0 saturated carbocycles. The Morgan fingerprint density at radius 3 is 2.56 bits per heavy atom. The van der Waals surface area contributed by atoms with Crippen molar-refractivity contribution in [2.24, 2.45) is 0 Å². The van der Waals surface area contributed by atoms with Crippen LogP contribution in [-0.2, 0) is 4.74 Å². The minimum absolute atomic E-state index is 0.944. The molecular weight excluding hydrogens is 112 g/mol. The molecule has 0 bridgehead atoms. The maximum atomic E-state index is 4.68. The van der Waals surface area contributed by atoms with Crippen LogP contribution in [0.1, 0.15) is 6.92 Å². The standard InChI is InChI=1S/C8H12O/c1-4-5-8(2)6-7-9-3/h4-7H,2H2,1,3H3/b5-4-,7-6?. The first-order chi connectivity index (χ1) is 4.31. The van der Waals surface area contributed by atoms with Crippen molar-refractivity contribution in [1.82, 2.24) is 0 Å². The fourth-order valence-electron chi connectivity index (χ4n) is 0.425. The molecule has 50 valence electrons. The summed E-state index contributed by atoms with van der Waals surface area (Å²) in [7, 11) is 1.61. The summed E-state index contributed by atoms with van der Waals surface area (Å²) < 4.78 is 4.68. The van der Waals surface area contributed by atoms with Crippen LogP contribution in [-0.4, -0.2) is 7.11 Å². The van der Waals surface area contributed by atoms with Gasteiger partial charge in [-0.25, -0.2) is 0 Å². The van der Waals surface area contributed by atoms with Crippen molar-refractivity contribution in [3.05, 3.63) is 36.6 Å². The monoisotopic (exact) mass is 124 g/mol. The predicted octanol–water partition coefficient (Wildman–Crippen LogP) is 2.28. The SMILES string of the molecule is C=C(C=COC)/C=C\C. The Hall–Kier alpha value is -0.980. The largest absolute Gasteiger partial charge is 0.504 e. The van der Waals surface area contributed by atoms with Gasteiger partial charge in [-0.15, -0.1) is 0 Å². The van der Waals surface area contributed by atoms with Gasteiger partial charge >= 0.3 is 0 Å². The minimum Gasteiger partial charge on any atom is -0.504 e. The van der Waals surface area contributed by atoms with Gasteiger partial charge in [-0.1, -0.05) is 18.7 Å². The van der Waals surface area contributed by atoms with Crippen LogP contribution in [0, 0.1) is 0 Å². The van der Waals surface area contributed by atoms with Crippen LogP contribution < -0.4 is 0 Å². The Morgan fingerprint density at radius 2 is 2.11 bits per heavy atom. The van der Waals surface area contributed by atoms with E-state index in [4.69, 9.17) is 0 Å². The molecule has 0 aliphatic rings. The van der Waals surface area contributed by atoms with Crippen molar-refractivity contribution < 1.29 is 4.74 Å². The van der Waals surface area contributed by atoms with Gasteiger partial charge in [0.05, 0.1) is 13.4 Å². The van der Waals surface area contributed by atoms with Crippen LogP contribution in [0.15, 0.2) is 36.6 Å². The predicted molar refractivity (Wildman–Crippen MR) is 40.1 cm³/mol. The summed E-state index contributed by atoms with van der Waals surface area (Å²) in [4.78, 5) is 0. The van der Waals surface area contributed by atoms with Gasteiger partial charge in [-0.05, 0) is 18.6 Å². The maximum absolute atomic E-state index is 4.68. The number of hydrogen-bond acceptors (Lipinski definition) is 1. The van der Waals surface area contributed by atoms with Gasteiger partial charge in [-0.3, -0.25) is 0 Å². The van der Waals surface area contributed by atoms with Gasteiger partial charge in [0.1, 0.15) is 0 Å². The third-order valence-electron chi connectivity index (χ3n) is 0.799. The highest BCUT2D eigenvalue weighted by atomic mass is 16.5. The first-order valence-electron chi connectivity index (χ1n) is 2.82. The lowest BCUT2D eigenvalue weighted by Crippen LogP contribution is -1.67. The second kappa shape index (κ2) is 5.16. The van der Waals surface area contributed by atoms with Crippen molar-refractivity contribution in [1.29, 1.82) is 0 Å². The molecule has 0 N–H and O–H groups in total. The number of methoxy groups -OCH3 is 1. The molecule has 0 saturated heterocycles. The Morgan fingerprint density at radius 1 is 1.44 bits per heavy atom. The fraction of sp³-hybridized carbons (Fsp3) is 0.250. The molecule has 0 aliphatic heterocycles. The highest BCUT2D eigenvalue weighted by molar-refractivity contribution is 5.25. The molecule has 1 heteroatoms. The van der Waals surface area contributed by atoms with E-state index in [1.807, 2.05) is 19.1 Å². The third-order valence-corrected chi connectivity index (χ3v) is 0.799. The summed E-state index contributed by atoms with van der Waals surface area (Å²) in [6.07, 6.45) is 7.25. The highest BCUT2D eigenvalue weighted by Gasteiger charge is 1.74. The van der Waals surface area contributed by atoms with Gasteiger partial charge in [-0.2, -0.15) is 0 Å². The Labute approximate surface area is 56.3 Å². The summed E-state index contributed by atoms with van der Waals surface area (Å²) in [6, 6.07) is 0. The van der Waals surface area contributed by atoms with E-state index in [2.05, 4.69) is 11.3 Å². The van der Waals surface area contributed by atoms with E-state index < -0.39 is 0 Å². The van der Waals surface area contributed by atoms with E-state index in [0.29, 0.717) is 0 Å². The van der Waals surface area contributed by atoms with Gasteiger partial charge in [0.25, 0.3) is 0 Å². The average Bonchev–Trinajstić information content (AvgIpc) is 1.85. The van der Waals surface area contributed by atoms with Gasteiger partial charge in [0, 0.05) is 0 Å². The zero-order valence-electron chi connectivity index (χ0n) is 5.92. The number of allylic oxidation sites excluding steroid dienone is 4. The first-order valence-corrected chi connectivity index (χ1v) is 2.82. The van der Waals surface area contributed by atoms with Crippen molar-refractivity contribution >= 4 is 0 Å². The zero-order chi connectivity index (χ0) is 7.11. The normalized spacial score (nSPS) is 10.9. The molecule has 0 radical (unpaired) electrons. The van der Waals surface area contributed by atoms with E-state index in [-0.39, 0.29) is 0 Å². The summed E-state index contributed by atoms with van der Waals surface area (Å²) in [6.45, 7) is 5.68. The van der Waals surface area contributed by atoms with Crippen LogP contribution in [0.3, 0.4) is 0 Å². The maximum Gasteiger partial charge on any atom is 0.0830 e. The summed E-state index contributed by atoms with van der Waals surface area (Å²) in [5.74, 6) is 0. The molecule has 1 nitrogen and oxygen atoms in total. The third kappa shape index (κ3) is 4.88. The average molecular weight is 124 g/mol. The minimum atomic E-state index is 0.944. The quantitative estimate of drug-likeness (QED) is 0.414. The second-order valence-electron chi connectivity index (χ2n) is 1.61. The van der Waals surface area contributed by atoms with E-state index in [9.17, 15) is 0 Å². The van der Waals surface area contributed by atoms with Crippen LogP contribution in [0.2, 0.25) is 0 Å². The molecule has 0 rings (SSSR count). The van der Waals surface area contributed by atoms with Crippen LogP contribution in [0.25, 0.3) is 0 Å². The van der Waals surface area contributed by atoms with Gasteiger partial charge in [0.2, 0.25) is 0 Å². The zero-order valence-corrected chi connectivity index (χ0v) is 5.92. The molecule has 9 heavy (non-hydrogen) atoms. The van der Waals surface area contributed by atoms with E-state index in [1.54, 1.807) is 19.4 Å². The smallest absolute Gasteiger partial charge is 0.0830 e. The van der Waals surface area contributed by atoms with Crippen LogP contribution >= 0.6 is 0 Å². The van der Waals surface area contributed by atoms with E-state index >= 15 is 0 Å². The molecule has 0 fully saturated rings. The van der Waals surface area contributed by atoms with Crippen LogP contribution in [0.4, 0.5) is 0 Å². The molecule has 0 aromatic heterocycles. The summed E-state index contributed by atoms with van der Waals surface area (Å²) in [5.41, 5.74) is 0.944. The Bertz CT molecular complexity index is 132.